The lowest BCUT2D eigenvalue weighted by atomic mass is 9.94. The highest BCUT2D eigenvalue weighted by molar-refractivity contribution is 5.71. The Hall–Kier alpha value is -0.530. The third-order valence-corrected chi connectivity index (χ3v) is 3.56. The van der Waals surface area contributed by atoms with Crippen LogP contribution in [0.3, 0.4) is 0 Å². The van der Waals surface area contributed by atoms with Gasteiger partial charge in [-0.05, 0) is 25.2 Å². The van der Waals surface area contributed by atoms with Crippen LogP contribution < -0.4 is 0 Å². The van der Waals surface area contributed by atoms with Crippen molar-refractivity contribution in [3.63, 3.8) is 0 Å². The molecule has 2 unspecified atom stereocenters. The van der Waals surface area contributed by atoms with Gasteiger partial charge in [0.05, 0.1) is 12.5 Å². The summed E-state index contributed by atoms with van der Waals surface area (Å²) in [6, 6.07) is 0. The predicted molar refractivity (Wildman–Crippen MR) is 73.0 cm³/mol. The van der Waals surface area contributed by atoms with Gasteiger partial charge in [0.1, 0.15) is 0 Å². The van der Waals surface area contributed by atoms with Crippen LogP contribution in [0.25, 0.3) is 0 Å². The van der Waals surface area contributed by atoms with E-state index in [0.717, 1.165) is 18.8 Å². The maximum atomic E-state index is 11.4. The van der Waals surface area contributed by atoms with Gasteiger partial charge in [-0.2, -0.15) is 0 Å². The van der Waals surface area contributed by atoms with Crippen molar-refractivity contribution in [3.8, 4) is 0 Å². The molecule has 2 atom stereocenters. The summed E-state index contributed by atoms with van der Waals surface area (Å²) in [5, 5.41) is 0. The molecule has 0 aliphatic rings. The number of ether oxygens (including phenoxy) is 1. The smallest absolute Gasteiger partial charge is 0.308 e. The Balaban J connectivity index is 3.57. The number of esters is 1. The lowest BCUT2D eigenvalue weighted by Crippen LogP contribution is -2.15. The second-order valence-corrected chi connectivity index (χ2v) is 5.04. The van der Waals surface area contributed by atoms with Crippen LogP contribution in [0.4, 0.5) is 0 Å². The number of hydrogen-bond donors (Lipinski definition) is 0. The normalized spacial score (nSPS) is 14.4. The van der Waals surface area contributed by atoms with Crippen LogP contribution in [0.15, 0.2) is 0 Å². The van der Waals surface area contributed by atoms with Crippen LogP contribution in [0, 0.1) is 11.8 Å². The number of unbranched alkanes of at least 4 members (excludes halogenated alkanes) is 1. The number of hydrogen-bond acceptors (Lipinski definition) is 2. The van der Waals surface area contributed by atoms with Crippen LogP contribution in [0.5, 0.6) is 0 Å². The summed E-state index contributed by atoms with van der Waals surface area (Å²) in [5.74, 6) is 0.837. The molecule has 0 bridgehead atoms. The van der Waals surface area contributed by atoms with Gasteiger partial charge in [-0.1, -0.05) is 53.4 Å². The van der Waals surface area contributed by atoms with Gasteiger partial charge in [0.15, 0.2) is 0 Å². The Morgan fingerprint density at radius 3 is 2.24 bits per heavy atom. The summed E-state index contributed by atoms with van der Waals surface area (Å²) in [6.45, 7) is 9.04. The monoisotopic (exact) mass is 242 g/mol. The van der Waals surface area contributed by atoms with Crippen molar-refractivity contribution in [2.24, 2.45) is 11.8 Å². The Morgan fingerprint density at radius 2 is 1.71 bits per heavy atom. The first kappa shape index (κ1) is 16.5. The van der Waals surface area contributed by atoms with E-state index in [1.54, 1.807) is 0 Å². The average Bonchev–Trinajstić information content (AvgIpc) is 2.36. The Morgan fingerprint density at radius 1 is 1.06 bits per heavy atom. The van der Waals surface area contributed by atoms with Crippen molar-refractivity contribution in [3.05, 3.63) is 0 Å². The van der Waals surface area contributed by atoms with E-state index in [9.17, 15) is 4.79 Å². The fourth-order valence-electron chi connectivity index (χ4n) is 1.90. The van der Waals surface area contributed by atoms with E-state index in [1.165, 1.54) is 32.1 Å². The summed E-state index contributed by atoms with van der Waals surface area (Å²) in [5.41, 5.74) is 0. The van der Waals surface area contributed by atoms with Crippen LogP contribution in [0.1, 0.15) is 72.6 Å². The average molecular weight is 242 g/mol. The van der Waals surface area contributed by atoms with E-state index in [1.807, 2.05) is 13.8 Å². The number of rotatable bonds is 10. The molecule has 0 saturated carbocycles. The topological polar surface area (TPSA) is 26.3 Å². The maximum absolute atomic E-state index is 11.4. The van der Waals surface area contributed by atoms with Gasteiger partial charge in [0.2, 0.25) is 0 Å². The molecule has 17 heavy (non-hydrogen) atoms. The highest BCUT2D eigenvalue weighted by Gasteiger charge is 2.12. The lowest BCUT2D eigenvalue weighted by molar-refractivity contribution is -0.148. The van der Waals surface area contributed by atoms with Gasteiger partial charge in [0.25, 0.3) is 0 Å². The quantitative estimate of drug-likeness (QED) is 0.414. The van der Waals surface area contributed by atoms with E-state index in [-0.39, 0.29) is 11.9 Å². The number of carbonyl (C=O) groups excluding carboxylic acids is 1. The summed E-state index contributed by atoms with van der Waals surface area (Å²) in [7, 11) is 0. The molecule has 2 heteroatoms. The summed E-state index contributed by atoms with van der Waals surface area (Å²) in [6.07, 6.45) is 8.26. The van der Waals surface area contributed by atoms with E-state index >= 15 is 0 Å². The Kier molecular flexibility index (Phi) is 10.3. The van der Waals surface area contributed by atoms with Crippen molar-refractivity contribution < 1.29 is 9.53 Å². The van der Waals surface area contributed by atoms with Crippen LogP contribution in [-0.4, -0.2) is 12.6 Å². The SMILES string of the molecule is CCCCC(CC)CCCOC(=O)C(C)CC. The molecule has 0 N–H and O–H groups in total. The third-order valence-electron chi connectivity index (χ3n) is 3.56. The van der Waals surface area contributed by atoms with Gasteiger partial charge in [-0.25, -0.2) is 0 Å². The molecular weight excluding hydrogens is 212 g/mol. The Labute approximate surface area is 107 Å². The van der Waals surface area contributed by atoms with Crippen LogP contribution in [0.2, 0.25) is 0 Å². The molecule has 0 aliphatic heterocycles. The molecule has 0 amide bonds. The molecule has 0 aromatic rings. The predicted octanol–water partition coefficient (Wildman–Crippen LogP) is 4.57. The molecule has 0 aromatic carbocycles. The zero-order valence-corrected chi connectivity index (χ0v) is 12.1. The van der Waals surface area contributed by atoms with Crippen LogP contribution in [-0.2, 0) is 9.53 Å². The van der Waals surface area contributed by atoms with Gasteiger partial charge < -0.3 is 4.74 Å². The van der Waals surface area contributed by atoms with E-state index < -0.39 is 0 Å². The molecule has 0 radical (unpaired) electrons. The number of carbonyl (C=O) groups is 1. The van der Waals surface area contributed by atoms with Gasteiger partial charge in [-0.3, -0.25) is 4.79 Å². The fourth-order valence-corrected chi connectivity index (χ4v) is 1.90. The molecule has 2 nitrogen and oxygen atoms in total. The van der Waals surface area contributed by atoms with Gasteiger partial charge >= 0.3 is 5.97 Å². The first-order chi connectivity index (χ1) is 8.15. The van der Waals surface area contributed by atoms with Crippen molar-refractivity contribution in [2.75, 3.05) is 6.61 Å². The summed E-state index contributed by atoms with van der Waals surface area (Å²) >= 11 is 0. The highest BCUT2D eigenvalue weighted by atomic mass is 16.5. The maximum Gasteiger partial charge on any atom is 0.308 e. The molecule has 0 saturated heterocycles. The molecule has 0 heterocycles. The Bertz CT molecular complexity index is 189. The lowest BCUT2D eigenvalue weighted by Gasteiger charge is -2.14. The standard InChI is InChI=1S/C15H30O2/c1-5-8-10-14(7-3)11-9-12-17-15(16)13(4)6-2/h13-14H,5-12H2,1-4H3. The molecule has 0 fully saturated rings. The second-order valence-electron chi connectivity index (χ2n) is 5.04. The molecule has 0 aliphatic carbocycles. The van der Waals surface area contributed by atoms with Crippen molar-refractivity contribution >= 4 is 5.97 Å². The molecular formula is C15H30O2. The fraction of sp³-hybridized carbons (Fsp3) is 0.933. The second kappa shape index (κ2) is 10.6. The van der Waals surface area contributed by atoms with Gasteiger partial charge in [-0.15, -0.1) is 0 Å². The first-order valence-corrected chi connectivity index (χ1v) is 7.32. The largest absolute Gasteiger partial charge is 0.465 e. The van der Waals surface area contributed by atoms with Crippen molar-refractivity contribution in [1.82, 2.24) is 0 Å². The minimum absolute atomic E-state index is 0.0332. The van der Waals surface area contributed by atoms with E-state index in [4.69, 9.17) is 4.74 Å². The zero-order chi connectivity index (χ0) is 13.1. The van der Waals surface area contributed by atoms with E-state index in [2.05, 4.69) is 13.8 Å². The molecule has 0 spiro atoms. The highest BCUT2D eigenvalue weighted by Crippen LogP contribution is 2.18. The summed E-state index contributed by atoms with van der Waals surface area (Å²) in [4.78, 5) is 11.4. The summed E-state index contributed by atoms with van der Waals surface area (Å²) < 4.78 is 5.26. The van der Waals surface area contributed by atoms with Crippen LogP contribution >= 0.6 is 0 Å². The molecule has 0 aromatic heterocycles. The van der Waals surface area contributed by atoms with Crippen molar-refractivity contribution in [2.45, 2.75) is 72.6 Å². The zero-order valence-electron chi connectivity index (χ0n) is 12.1. The first-order valence-electron chi connectivity index (χ1n) is 7.32. The van der Waals surface area contributed by atoms with Gasteiger partial charge in [0, 0.05) is 0 Å². The van der Waals surface area contributed by atoms with Crippen molar-refractivity contribution in [1.29, 1.82) is 0 Å². The molecule has 0 rings (SSSR count). The molecule has 102 valence electrons. The van der Waals surface area contributed by atoms with E-state index in [0.29, 0.717) is 6.61 Å². The minimum Gasteiger partial charge on any atom is -0.465 e. The third kappa shape index (κ3) is 8.23. The minimum atomic E-state index is -0.0332.